The van der Waals surface area contributed by atoms with Crippen LogP contribution in [0.3, 0.4) is 0 Å². The van der Waals surface area contributed by atoms with Crippen LogP contribution in [0.1, 0.15) is 33.1 Å². The molecule has 2 atom stereocenters. The minimum atomic E-state index is -1.10. The topological polar surface area (TPSA) is 94.8 Å². The van der Waals surface area contributed by atoms with Crippen LogP contribution >= 0.6 is 0 Å². The predicted molar refractivity (Wildman–Crippen MR) is 58.0 cm³/mol. The summed E-state index contributed by atoms with van der Waals surface area (Å²) in [4.78, 5) is 22.0. The van der Waals surface area contributed by atoms with Crippen molar-refractivity contribution in [3.05, 3.63) is 0 Å². The summed E-state index contributed by atoms with van der Waals surface area (Å²) in [5.41, 5.74) is 0. The lowest BCUT2D eigenvalue weighted by Gasteiger charge is -2.21. The second-order valence-electron chi connectivity index (χ2n) is 4.38. The maximum absolute atomic E-state index is 11.0. The fourth-order valence-electron chi connectivity index (χ4n) is 1.75. The number of aliphatic carboxylic acids is 2. The average Bonchev–Trinajstić information content (AvgIpc) is 2.15. The van der Waals surface area contributed by atoms with Gasteiger partial charge in [-0.3, -0.25) is 9.59 Å². The molecule has 0 aromatic heterocycles. The predicted octanol–water partition coefficient (Wildman–Crippen LogP) is 1.21. The first-order chi connectivity index (χ1) is 7.40. The Morgan fingerprint density at radius 1 is 1.06 bits per heavy atom. The third-order valence-electron chi connectivity index (χ3n) is 2.52. The Labute approximate surface area is 95.1 Å². The molecule has 0 bridgehead atoms. The minimum Gasteiger partial charge on any atom is -0.481 e. The van der Waals surface area contributed by atoms with Crippen LogP contribution in [0.25, 0.3) is 0 Å². The van der Waals surface area contributed by atoms with Crippen molar-refractivity contribution < 1.29 is 24.9 Å². The second kappa shape index (κ2) is 7.22. The van der Waals surface area contributed by atoms with Crippen LogP contribution < -0.4 is 0 Å². The monoisotopic (exact) mass is 232 g/mol. The van der Waals surface area contributed by atoms with E-state index in [4.69, 9.17) is 15.3 Å². The zero-order valence-corrected chi connectivity index (χ0v) is 9.72. The van der Waals surface area contributed by atoms with Gasteiger partial charge in [0.2, 0.25) is 0 Å². The molecule has 16 heavy (non-hydrogen) atoms. The number of aliphatic hydroxyl groups excluding tert-OH is 1. The van der Waals surface area contributed by atoms with Crippen LogP contribution in [0.2, 0.25) is 0 Å². The summed E-state index contributed by atoms with van der Waals surface area (Å²) in [6, 6.07) is 0. The van der Waals surface area contributed by atoms with Gasteiger partial charge in [-0.05, 0) is 25.2 Å². The van der Waals surface area contributed by atoms with Gasteiger partial charge in [-0.15, -0.1) is 0 Å². The first-order valence-electron chi connectivity index (χ1n) is 5.46. The molecule has 0 amide bonds. The lowest BCUT2D eigenvalue weighted by atomic mass is 9.83. The van der Waals surface area contributed by atoms with Crippen molar-refractivity contribution in [1.82, 2.24) is 0 Å². The molecule has 5 heteroatoms. The van der Waals surface area contributed by atoms with E-state index in [0.717, 1.165) is 0 Å². The summed E-state index contributed by atoms with van der Waals surface area (Å²) in [6.07, 6.45) is 0.867. The van der Waals surface area contributed by atoms with E-state index in [2.05, 4.69) is 0 Å². The van der Waals surface area contributed by atoms with Gasteiger partial charge in [0, 0.05) is 6.61 Å². The van der Waals surface area contributed by atoms with E-state index in [-0.39, 0.29) is 18.9 Å². The molecule has 0 aliphatic heterocycles. The van der Waals surface area contributed by atoms with Gasteiger partial charge in [0.25, 0.3) is 0 Å². The number of rotatable bonds is 8. The van der Waals surface area contributed by atoms with E-state index in [1.165, 1.54) is 0 Å². The van der Waals surface area contributed by atoms with Crippen LogP contribution in [0.15, 0.2) is 0 Å². The van der Waals surface area contributed by atoms with Crippen LogP contribution in [0.4, 0.5) is 0 Å². The summed E-state index contributed by atoms with van der Waals surface area (Å²) in [5, 5.41) is 26.7. The molecule has 0 aliphatic carbocycles. The Kier molecular flexibility index (Phi) is 6.72. The van der Waals surface area contributed by atoms with Crippen LogP contribution in [0, 0.1) is 17.8 Å². The summed E-state index contributed by atoms with van der Waals surface area (Å²) in [7, 11) is 0. The molecule has 0 spiro atoms. The molecular formula is C11H20O5. The van der Waals surface area contributed by atoms with E-state index < -0.39 is 23.8 Å². The number of hydrogen-bond acceptors (Lipinski definition) is 3. The quantitative estimate of drug-likeness (QED) is 0.584. The molecule has 0 fully saturated rings. The molecule has 0 aliphatic rings. The van der Waals surface area contributed by atoms with E-state index in [9.17, 15) is 9.59 Å². The molecule has 0 aromatic carbocycles. The van der Waals surface area contributed by atoms with E-state index in [0.29, 0.717) is 12.8 Å². The molecule has 0 saturated heterocycles. The normalized spacial score (nSPS) is 14.8. The highest BCUT2D eigenvalue weighted by Gasteiger charge is 2.33. The smallest absolute Gasteiger partial charge is 0.307 e. The van der Waals surface area contributed by atoms with Gasteiger partial charge >= 0.3 is 11.9 Å². The largest absolute Gasteiger partial charge is 0.481 e. The highest BCUT2D eigenvalue weighted by molar-refractivity contribution is 5.79. The minimum absolute atomic E-state index is 0.113. The number of carboxylic acids is 2. The zero-order valence-electron chi connectivity index (χ0n) is 9.72. The van der Waals surface area contributed by atoms with Crippen LogP contribution in [-0.2, 0) is 9.59 Å². The summed E-state index contributed by atoms with van der Waals surface area (Å²) >= 11 is 0. The van der Waals surface area contributed by atoms with Gasteiger partial charge in [-0.2, -0.15) is 0 Å². The number of carboxylic acid groups (broad SMARTS) is 2. The first-order valence-corrected chi connectivity index (χ1v) is 5.46. The third kappa shape index (κ3) is 5.11. The fraction of sp³-hybridized carbons (Fsp3) is 0.818. The maximum atomic E-state index is 11.0. The Morgan fingerprint density at radius 3 is 1.88 bits per heavy atom. The third-order valence-corrected chi connectivity index (χ3v) is 2.52. The number of aliphatic hydroxyl groups is 1. The summed E-state index contributed by atoms with van der Waals surface area (Å²) in [6.45, 7) is 3.61. The Morgan fingerprint density at radius 2 is 1.56 bits per heavy atom. The highest BCUT2D eigenvalue weighted by Crippen LogP contribution is 2.25. The van der Waals surface area contributed by atoms with Gasteiger partial charge in [-0.1, -0.05) is 13.8 Å². The molecule has 94 valence electrons. The SMILES string of the molecule is CC(C)C[C@@H](C(=O)O)[C@H](CCCO)C(=O)O. The van der Waals surface area contributed by atoms with Crippen molar-refractivity contribution in [3.8, 4) is 0 Å². The fourth-order valence-corrected chi connectivity index (χ4v) is 1.75. The van der Waals surface area contributed by atoms with E-state index >= 15 is 0 Å². The van der Waals surface area contributed by atoms with Crippen LogP contribution in [-0.4, -0.2) is 33.9 Å². The zero-order chi connectivity index (χ0) is 12.7. The highest BCUT2D eigenvalue weighted by atomic mass is 16.4. The van der Waals surface area contributed by atoms with E-state index in [1.54, 1.807) is 0 Å². The molecular weight excluding hydrogens is 212 g/mol. The van der Waals surface area contributed by atoms with Crippen molar-refractivity contribution in [2.75, 3.05) is 6.61 Å². The molecule has 0 unspecified atom stereocenters. The second-order valence-corrected chi connectivity index (χ2v) is 4.38. The van der Waals surface area contributed by atoms with Crippen molar-refractivity contribution in [3.63, 3.8) is 0 Å². The lowest BCUT2D eigenvalue weighted by molar-refractivity contribution is -0.154. The average molecular weight is 232 g/mol. The number of hydrogen-bond donors (Lipinski definition) is 3. The van der Waals surface area contributed by atoms with Gasteiger partial charge in [0.15, 0.2) is 0 Å². The molecule has 5 nitrogen and oxygen atoms in total. The van der Waals surface area contributed by atoms with Gasteiger partial charge in [0.1, 0.15) is 0 Å². The molecule has 0 aromatic rings. The Balaban J connectivity index is 4.65. The first kappa shape index (κ1) is 14.9. The van der Waals surface area contributed by atoms with Crippen molar-refractivity contribution in [2.24, 2.45) is 17.8 Å². The summed E-state index contributed by atoms with van der Waals surface area (Å²) < 4.78 is 0. The van der Waals surface area contributed by atoms with Gasteiger partial charge < -0.3 is 15.3 Å². The summed E-state index contributed by atoms with van der Waals surface area (Å²) in [5.74, 6) is -3.81. The van der Waals surface area contributed by atoms with Crippen molar-refractivity contribution >= 4 is 11.9 Å². The standard InChI is InChI=1S/C11H20O5/c1-7(2)6-9(11(15)16)8(10(13)14)4-3-5-12/h7-9,12H,3-6H2,1-2H3,(H,13,14)(H,15,16)/t8-,9+/m0/s1. The van der Waals surface area contributed by atoms with Crippen molar-refractivity contribution in [1.29, 1.82) is 0 Å². The van der Waals surface area contributed by atoms with Crippen molar-refractivity contribution in [2.45, 2.75) is 33.1 Å². The lowest BCUT2D eigenvalue weighted by Crippen LogP contribution is -2.31. The molecule has 0 radical (unpaired) electrons. The Hall–Kier alpha value is -1.10. The maximum Gasteiger partial charge on any atom is 0.307 e. The number of carbonyl (C=O) groups is 2. The molecule has 0 saturated carbocycles. The molecule has 3 N–H and O–H groups in total. The molecule has 0 rings (SSSR count). The Bertz CT molecular complexity index is 237. The van der Waals surface area contributed by atoms with Gasteiger partial charge in [-0.25, -0.2) is 0 Å². The van der Waals surface area contributed by atoms with Gasteiger partial charge in [0.05, 0.1) is 11.8 Å². The molecule has 0 heterocycles. The van der Waals surface area contributed by atoms with E-state index in [1.807, 2.05) is 13.8 Å². The van der Waals surface area contributed by atoms with Crippen LogP contribution in [0.5, 0.6) is 0 Å².